The third-order valence-electron chi connectivity index (χ3n) is 15.7. The van der Waals surface area contributed by atoms with Crippen molar-refractivity contribution in [2.45, 2.75) is 38.5 Å². The Kier molecular flexibility index (Phi) is 10.8. The monoisotopic (exact) mass is 919 g/mol. The highest BCUT2D eigenvalue weighted by Crippen LogP contribution is 2.57. The fourth-order valence-corrected chi connectivity index (χ4v) is 12.3. The molecule has 11 aromatic carbocycles. The first-order valence-electron chi connectivity index (χ1n) is 25.6. The number of allylic oxidation sites excluding steroid dienone is 3. The minimum absolute atomic E-state index is 0.443. The van der Waals surface area contributed by atoms with E-state index in [1.165, 1.54) is 110 Å². The molecule has 1 heterocycles. The molecule has 11 aromatic rings. The summed E-state index contributed by atoms with van der Waals surface area (Å²) in [6, 6.07) is 92.2. The Morgan fingerprint density at radius 1 is 0.375 bits per heavy atom. The molecule has 13 rings (SSSR count). The average Bonchev–Trinajstić information content (AvgIpc) is 3.75. The zero-order chi connectivity index (χ0) is 48.2. The molecule has 0 saturated heterocycles. The van der Waals surface area contributed by atoms with E-state index in [4.69, 9.17) is 4.99 Å². The molecular weight excluding hydrogens is 867 g/mol. The topological polar surface area (TPSA) is 12.4 Å². The van der Waals surface area contributed by atoms with Gasteiger partial charge in [-0.2, -0.15) is 0 Å². The summed E-state index contributed by atoms with van der Waals surface area (Å²) in [4.78, 5) is 5.81. The summed E-state index contributed by atoms with van der Waals surface area (Å²) in [5.41, 5.74) is 21.9. The van der Waals surface area contributed by atoms with Crippen LogP contribution in [-0.4, -0.2) is 5.71 Å². The molecule has 0 bridgehead atoms. The largest absolute Gasteiger partial charge is 0.248 e. The molecule has 0 fully saturated rings. The van der Waals surface area contributed by atoms with Crippen molar-refractivity contribution in [2.24, 2.45) is 4.99 Å². The lowest BCUT2D eigenvalue weighted by molar-refractivity contribution is 0.768. The van der Waals surface area contributed by atoms with Crippen LogP contribution >= 0.6 is 0 Å². The van der Waals surface area contributed by atoms with Crippen LogP contribution in [0.2, 0.25) is 0 Å². The number of hydrogen-bond acceptors (Lipinski definition) is 1. The molecule has 72 heavy (non-hydrogen) atoms. The highest BCUT2D eigenvalue weighted by molar-refractivity contribution is 6.29. The van der Waals surface area contributed by atoms with Crippen LogP contribution in [0.1, 0.15) is 72.1 Å². The maximum absolute atomic E-state index is 5.81. The maximum atomic E-state index is 5.81. The van der Waals surface area contributed by atoms with Crippen LogP contribution in [-0.2, 0) is 5.41 Å². The lowest BCUT2D eigenvalue weighted by atomic mass is 9.67. The van der Waals surface area contributed by atoms with E-state index in [-0.39, 0.29) is 0 Å². The lowest BCUT2D eigenvalue weighted by Gasteiger charge is -2.33. The molecule has 0 unspecified atom stereocenters. The third kappa shape index (κ3) is 7.02. The van der Waals surface area contributed by atoms with Gasteiger partial charge < -0.3 is 0 Å². The Balaban J connectivity index is 0.985. The van der Waals surface area contributed by atoms with Gasteiger partial charge in [0.1, 0.15) is 0 Å². The van der Waals surface area contributed by atoms with Crippen molar-refractivity contribution in [3.05, 3.63) is 299 Å². The first kappa shape index (κ1) is 43.4. The van der Waals surface area contributed by atoms with Gasteiger partial charge in [0.25, 0.3) is 0 Å². The predicted molar refractivity (Wildman–Crippen MR) is 306 cm³/mol. The van der Waals surface area contributed by atoms with E-state index < -0.39 is 5.41 Å². The van der Waals surface area contributed by atoms with Gasteiger partial charge in [0.15, 0.2) is 0 Å². The molecule has 0 atom stereocenters. The van der Waals surface area contributed by atoms with Crippen LogP contribution in [0.3, 0.4) is 0 Å². The molecule has 342 valence electrons. The van der Waals surface area contributed by atoms with Crippen molar-refractivity contribution in [3.8, 4) is 33.4 Å². The minimum atomic E-state index is -0.443. The first-order valence-corrected chi connectivity index (χ1v) is 25.6. The summed E-state index contributed by atoms with van der Waals surface area (Å²) in [6.07, 6.45) is 2.72. The second-order valence-corrected chi connectivity index (χ2v) is 19.5. The molecule has 1 aliphatic carbocycles. The van der Waals surface area contributed by atoms with E-state index >= 15 is 0 Å². The molecule has 1 heteroatoms. The van der Waals surface area contributed by atoms with E-state index in [1.807, 2.05) is 0 Å². The van der Waals surface area contributed by atoms with Crippen LogP contribution in [0.25, 0.3) is 77.0 Å². The van der Waals surface area contributed by atoms with Gasteiger partial charge in [-0.25, -0.2) is 4.99 Å². The molecule has 0 N–H and O–H groups in total. The van der Waals surface area contributed by atoms with Gasteiger partial charge in [-0.3, -0.25) is 0 Å². The van der Waals surface area contributed by atoms with Gasteiger partial charge >= 0.3 is 0 Å². The summed E-state index contributed by atoms with van der Waals surface area (Å²) in [7, 11) is 0. The number of rotatable bonds is 8. The molecule has 0 radical (unpaired) electrons. The maximum Gasteiger partial charge on any atom is 0.0744 e. The number of aliphatic imine (C=N–C) groups is 1. The van der Waals surface area contributed by atoms with E-state index in [0.717, 1.165) is 41.8 Å². The van der Waals surface area contributed by atoms with E-state index in [0.29, 0.717) is 0 Å². The van der Waals surface area contributed by atoms with Crippen molar-refractivity contribution < 1.29 is 0 Å². The molecule has 2 aliphatic rings. The quantitative estimate of drug-likeness (QED) is 0.135. The summed E-state index contributed by atoms with van der Waals surface area (Å²) in [6.45, 7) is 4.59. The highest BCUT2D eigenvalue weighted by Gasteiger charge is 2.46. The summed E-state index contributed by atoms with van der Waals surface area (Å²) in [5, 5.41) is 7.54. The van der Waals surface area contributed by atoms with Gasteiger partial charge in [-0.05, 0) is 149 Å². The van der Waals surface area contributed by atoms with Crippen LogP contribution in [0, 0.1) is 0 Å². The Morgan fingerprint density at radius 3 is 1.58 bits per heavy atom. The van der Waals surface area contributed by atoms with E-state index in [1.54, 1.807) is 0 Å². The standard InChI is InChI=1S/C71H53N/c1-3-56-57(50-38-36-49(37-39-50)48-21-8-4-9-22-48)42-35-47(2)69(72-70(56)51-23-10-5-11-24-51)53-40-43-63-64(46-53)60-30-17-16-29-59(60)62-33-20-32-58(68(62)63)52-41-44-67-65(45-52)61-31-18-19-34-66(61)71(67,54-25-12-6-13-26-54)55-27-14-7-15-28-55/h4-34,36-41,43-46H,3,35,42H2,1-2H3/b57-56+,69-47+,72-70-. The normalized spacial score (nSPS) is 17.0. The third-order valence-corrected chi connectivity index (χ3v) is 15.7. The predicted octanol–water partition coefficient (Wildman–Crippen LogP) is 18.7. The SMILES string of the molecule is CCC1=C(\c2ccc(-c3ccccc3)cc2)CC/C(C)=C(c2ccc3c(c2)c2ccccc2c2cccc(-c4ccc5c(c4)-c4ccccc4C5(c4ccccc4)c4ccccc4)c23)/N=C\1c1ccccc1. The van der Waals surface area contributed by atoms with Gasteiger partial charge in [0.2, 0.25) is 0 Å². The van der Waals surface area contributed by atoms with E-state index in [2.05, 4.69) is 263 Å². The van der Waals surface area contributed by atoms with Crippen LogP contribution in [0.4, 0.5) is 0 Å². The smallest absolute Gasteiger partial charge is 0.0744 e. The van der Waals surface area contributed by atoms with Crippen molar-refractivity contribution in [1.29, 1.82) is 0 Å². The number of hydrogen-bond donors (Lipinski definition) is 0. The van der Waals surface area contributed by atoms with Gasteiger partial charge in [-0.15, -0.1) is 0 Å². The van der Waals surface area contributed by atoms with Crippen molar-refractivity contribution >= 4 is 49.3 Å². The van der Waals surface area contributed by atoms with Crippen molar-refractivity contribution in [1.82, 2.24) is 0 Å². The Morgan fingerprint density at radius 2 is 0.889 bits per heavy atom. The van der Waals surface area contributed by atoms with Crippen LogP contribution in [0.5, 0.6) is 0 Å². The molecule has 0 spiro atoms. The van der Waals surface area contributed by atoms with Gasteiger partial charge in [-0.1, -0.05) is 244 Å². The van der Waals surface area contributed by atoms with Gasteiger partial charge in [0.05, 0.1) is 16.8 Å². The average molecular weight is 920 g/mol. The summed E-state index contributed by atoms with van der Waals surface area (Å²) < 4.78 is 0. The second-order valence-electron chi connectivity index (χ2n) is 19.5. The fourth-order valence-electron chi connectivity index (χ4n) is 12.3. The van der Waals surface area contributed by atoms with E-state index in [9.17, 15) is 0 Å². The van der Waals surface area contributed by atoms with Crippen molar-refractivity contribution in [3.63, 3.8) is 0 Å². The second kappa shape index (κ2) is 17.9. The zero-order valence-electron chi connectivity index (χ0n) is 40.7. The Labute approximate surface area is 422 Å². The number of benzene rings is 11. The molecular formula is C71H53N. The number of fused-ring (bicyclic) bond motifs is 9. The molecule has 0 amide bonds. The van der Waals surface area contributed by atoms with Crippen LogP contribution < -0.4 is 0 Å². The Hall–Kier alpha value is -8.65. The molecule has 0 saturated carbocycles. The number of nitrogens with zero attached hydrogens (tertiary/aromatic N) is 1. The van der Waals surface area contributed by atoms with Crippen LogP contribution in [0.15, 0.2) is 265 Å². The van der Waals surface area contributed by atoms with Gasteiger partial charge in [0, 0.05) is 11.1 Å². The van der Waals surface area contributed by atoms with Crippen molar-refractivity contribution in [2.75, 3.05) is 0 Å². The lowest BCUT2D eigenvalue weighted by Crippen LogP contribution is -2.28. The minimum Gasteiger partial charge on any atom is -0.248 e. The zero-order valence-corrected chi connectivity index (χ0v) is 40.7. The highest BCUT2D eigenvalue weighted by atomic mass is 14.8. The fraction of sp³-hybridized carbons (Fsp3) is 0.0845. The molecule has 1 aliphatic heterocycles. The first-order chi connectivity index (χ1) is 35.6. The Bertz CT molecular complexity index is 3930. The molecule has 1 nitrogen and oxygen atoms in total. The summed E-state index contributed by atoms with van der Waals surface area (Å²) >= 11 is 0. The molecule has 0 aromatic heterocycles. The summed E-state index contributed by atoms with van der Waals surface area (Å²) in [5.74, 6) is 0.